The number of hydrogen-bond acceptors (Lipinski definition) is 1. The van der Waals surface area contributed by atoms with Crippen LogP contribution in [0.15, 0.2) is 53.5 Å². The molecule has 0 aliphatic heterocycles. The van der Waals surface area contributed by atoms with Crippen LogP contribution in [0, 0.1) is 0 Å². The molecule has 0 amide bonds. The number of hydrogen-bond donors (Lipinski definition) is 1. The average Bonchev–Trinajstić information content (AvgIpc) is 2.53. The Hall–Kier alpha value is -1.72. The number of rotatable bonds is 4. The monoisotopic (exact) mass is 390 g/mol. The summed E-state index contributed by atoms with van der Waals surface area (Å²) < 4.78 is 31.1. The van der Waals surface area contributed by atoms with Gasteiger partial charge in [-0.2, -0.15) is 13.2 Å². The normalized spacial score (nSPS) is 11.6. The molecule has 0 atom stereocenters. The highest BCUT2D eigenvalue weighted by Gasteiger charge is 2.15. The Morgan fingerprint density at radius 2 is 1.40 bits per heavy atom. The van der Waals surface area contributed by atoms with Crippen molar-refractivity contribution in [3.8, 4) is 0 Å². The average molecular weight is 391 g/mol. The van der Waals surface area contributed by atoms with E-state index in [0.717, 1.165) is 34.4 Å². The lowest BCUT2D eigenvalue weighted by Crippen LogP contribution is -2.26. The Bertz CT molecular complexity index is 660. The van der Waals surface area contributed by atoms with Gasteiger partial charge in [-0.15, -0.1) is 0 Å². The lowest BCUT2D eigenvalue weighted by molar-refractivity contribution is -0.110. The second-order valence-corrected chi connectivity index (χ2v) is 6.04. The third-order valence-corrected chi connectivity index (χ3v) is 3.46. The molecular weight excluding hydrogens is 372 g/mol. The van der Waals surface area contributed by atoms with E-state index in [0.29, 0.717) is 0 Å². The molecule has 2 nitrogen and oxygen atoms in total. The Kier molecular flexibility index (Phi) is 8.79. The quantitative estimate of drug-likeness (QED) is 0.519. The standard InChI is InChI=1S/C16H16Cl2N2.C2H3F3/c1-19-16(13-4-8-15(18)9-5-13)20-11-10-12-2-6-14(17)7-3-12;1-2(3,4)5/h2-9H,10-11H2,1H3,(H,19,20);1H3. The number of nitrogens with zero attached hydrogens (tertiary/aromatic N) is 1. The molecule has 0 saturated heterocycles. The molecule has 0 saturated carbocycles. The molecule has 0 aliphatic carbocycles. The van der Waals surface area contributed by atoms with Crippen LogP contribution in [0.4, 0.5) is 13.2 Å². The maximum absolute atomic E-state index is 10.4. The van der Waals surface area contributed by atoms with E-state index >= 15 is 0 Å². The van der Waals surface area contributed by atoms with Crippen LogP contribution >= 0.6 is 23.2 Å². The van der Waals surface area contributed by atoms with Crippen LogP contribution in [-0.4, -0.2) is 25.6 Å². The summed E-state index contributed by atoms with van der Waals surface area (Å²) in [6.45, 7) is 1.00. The van der Waals surface area contributed by atoms with Crippen molar-refractivity contribution in [2.24, 2.45) is 4.99 Å². The molecular formula is C18H19Cl2F3N2. The zero-order chi connectivity index (χ0) is 18.9. The summed E-state index contributed by atoms with van der Waals surface area (Å²) in [5.41, 5.74) is 2.28. The summed E-state index contributed by atoms with van der Waals surface area (Å²) in [7, 11) is 1.78. The molecule has 7 heteroatoms. The van der Waals surface area contributed by atoms with E-state index in [1.807, 2.05) is 48.5 Å². The third-order valence-electron chi connectivity index (χ3n) is 2.96. The van der Waals surface area contributed by atoms with Crippen molar-refractivity contribution in [1.29, 1.82) is 0 Å². The van der Waals surface area contributed by atoms with Crippen LogP contribution in [0.25, 0.3) is 0 Å². The van der Waals surface area contributed by atoms with Gasteiger partial charge in [-0.1, -0.05) is 35.3 Å². The lowest BCUT2D eigenvalue weighted by atomic mass is 10.1. The fourth-order valence-electron chi connectivity index (χ4n) is 1.89. The number of nitrogens with one attached hydrogen (secondary N) is 1. The van der Waals surface area contributed by atoms with E-state index < -0.39 is 6.18 Å². The molecule has 2 rings (SSSR count). The van der Waals surface area contributed by atoms with E-state index in [9.17, 15) is 13.2 Å². The van der Waals surface area contributed by atoms with E-state index in [2.05, 4.69) is 10.3 Å². The first kappa shape index (κ1) is 21.3. The summed E-state index contributed by atoms with van der Waals surface area (Å²) in [5, 5.41) is 4.83. The maximum atomic E-state index is 10.4. The van der Waals surface area contributed by atoms with Gasteiger partial charge in [0.05, 0.1) is 0 Å². The van der Waals surface area contributed by atoms with Crippen molar-refractivity contribution in [1.82, 2.24) is 5.32 Å². The summed E-state index contributed by atoms with van der Waals surface area (Å²) >= 11 is 11.8. The fourth-order valence-corrected chi connectivity index (χ4v) is 2.15. The fraction of sp³-hybridized carbons (Fsp3) is 0.278. The molecule has 136 valence electrons. The Morgan fingerprint density at radius 3 is 1.84 bits per heavy atom. The predicted molar refractivity (Wildman–Crippen MR) is 98.8 cm³/mol. The van der Waals surface area contributed by atoms with E-state index in [4.69, 9.17) is 23.2 Å². The van der Waals surface area contributed by atoms with Gasteiger partial charge in [0.2, 0.25) is 0 Å². The lowest BCUT2D eigenvalue weighted by Gasteiger charge is -2.10. The van der Waals surface area contributed by atoms with Crippen LogP contribution in [0.3, 0.4) is 0 Å². The third kappa shape index (κ3) is 9.99. The van der Waals surface area contributed by atoms with Gasteiger partial charge in [-0.25, -0.2) is 0 Å². The van der Waals surface area contributed by atoms with Gasteiger partial charge in [0.15, 0.2) is 0 Å². The zero-order valence-corrected chi connectivity index (χ0v) is 15.4. The first-order valence-electron chi connectivity index (χ1n) is 7.47. The largest absolute Gasteiger partial charge is 0.386 e. The molecule has 0 fully saturated rings. The van der Waals surface area contributed by atoms with Crippen molar-refractivity contribution < 1.29 is 13.2 Å². The number of benzene rings is 2. The van der Waals surface area contributed by atoms with Gasteiger partial charge in [0.25, 0.3) is 0 Å². The van der Waals surface area contributed by atoms with E-state index in [-0.39, 0.29) is 6.92 Å². The van der Waals surface area contributed by atoms with Crippen LogP contribution in [0.1, 0.15) is 18.1 Å². The minimum atomic E-state index is -4.00. The number of alkyl halides is 3. The summed E-state index contributed by atoms with van der Waals surface area (Å²) in [5.74, 6) is 0.871. The predicted octanol–water partition coefficient (Wildman–Crippen LogP) is 5.77. The van der Waals surface area contributed by atoms with Gasteiger partial charge >= 0.3 is 6.18 Å². The number of amidine groups is 1. The molecule has 2 aromatic carbocycles. The smallest absolute Gasteiger partial charge is 0.370 e. The second kappa shape index (κ2) is 10.3. The van der Waals surface area contributed by atoms with Crippen molar-refractivity contribution in [3.63, 3.8) is 0 Å². The van der Waals surface area contributed by atoms with E-state index in [1.54, 1.807) is 7.05 Å². The van der Waals surface area contributed by atoms with Gasteiger partial charge in [-0.05, 0) is 48.4 Å². The SMILES string of the molecule is CC(F)(F)F.CN=C(NCCc1ccc(Cl)cc1)c1ccc(Cl)cc1. The number of halogens is 5. The summed E-state index contributed by atoms with van der Waals surface area (Å²) in [4.78, 5) is 4.27. The van der Waals surface area contributed by atoms with Crippen LogP contribution in [0.2, 0.25) is 10.0 Å². The molecule has 0 spiro atoms. The zero-order valence-electron chi connectivity index (χ0n) is 13.9. The molecule has 0 aliphatic rings. The van der Waals surface area contributed by atoms with Crippen molar-refractivity contribution in [3.05, 3.63) is 69.7 Å². The second-order valence-electron chi connectivity index (χ2n) is 5.16. The van der Waals surface area contributed by atoms with Crippen molar-refractivity contribution in [2.45, 2.75) is 19.5 Å². The Labute approximate surface area is 155 Å². The molecule has 1 N–H and O–H groups in total. The topological polar surface area (TPSA) is 24.4 Å². The summed E-state index contributed by atoms with van der Waals surface area (Å²) in [6.07, 6.45) is -3.08. The Morgan fingerprint density at radius 1 is 0.960 bits per heavy atom. The Balaban J connectivity index is 0.000000550. The molecule has 0 unspecified atom stereocenters. The van der Waals surface area contributed by atoms with Gasteiger partial charge in [-0.3, -0.25) is 4.99 Å². The van der Waals surface area contributed by atoms with Gasteiger partial charge in [0.1, 0.15) is 5.84 Å². The minimum absolute atomic E-state index is 0.188. The first-order chi connectivity index (χ1) is 11.7. The van der Waals surface area contributed by atoms with E-state index in [1.165, 1.54) is 5.56 Å². The molecule has 0 radical (unpaired) electrons. The highest BCUT2D eigenvalue weighted by Crippen LogP contribution is 2.11. The summed E-state index contributed by atoms with van der Waals surface area (Å²) in [6, 6.07) is 15.5. The minimum Gasteiger partial charge on any atom is -0.370 e. The molecule has 0 bridgehead atoms. The molecule has 0 aromatic heterocycles. The number of aliphatic imine (C=N–C) groups is 1. The van der Waals surface area contributed by atoms with Crippen molar-refractivity contribution >= 4 is 29.0 Å². The van der Waals surface area contributed by atoms with Gasteiger partial charge < -0.3 is 5.32 Å². The highest BCUT2D eigenvalue weighted by atomic mass is 35.5. The highest BCUT2D eigenvalue weighted by molar-refractivity contribution is 6.30. The van der Waals surface area contributed by atoms with Crippen molar-refractivity contribution in [2.75, 3.05) is 13.6 Å². The molecule has 2 aromatic rings. The van der Waals surface area contributed by atoms with Crippen LogP contribution < -0.4 is 5.32 Å². The van der Waals surface area contributed by atoms with Crippen LogP contribution in [0.5, 0.6) is 0 Å². The van der Waals surface area contributed by atoms with Crippen LogP contribution in [-0.2, 0) is 6.42 Å². The molecule has 25 heavy (non-hydrogen) atoms. The first-order valence-corrected chi connectivity index (χ1v) is 8.22. The maximum Gasteiger partial charge on any atom is 0.386 e. The van der Waals surface area contributed by atoms with Gasteiger partial charge in [0, 0.05) is 36.1 Å². The molecule has 0 heterocycles.